The monoisotopic (exact) mass is 475 g/mol. The molecule has 3 rings (SSSR count). The Kier molecular flexibility index (Phi) is 8.55. The highest BCUT2D eigenvalue weighted by Crippen LogP contribution is 2.49. The van der Waals surface area contributed by atoms with Gasteiger partial charge in [-0.25, -0.2) is 4.57 Å². The number of rotatable bonds is 11. The number of aryl methyl sites for hydroxylation is 1. The van der Waals surface area contributed by atoms with Gasteiger partial charge in [-0.3, -0.25) is 23.0 Å². The third-order valence-electron chi connectivity index (χ3n) is 4.32. The van der Waals surface area contributed by atoms with Crippen LogP contribution >= 0.6 is 19.2 Å². The number of anilines is 1. The van der Waals surface area contributed by atoms with E-state index in [1.54, 1.807) is 66.4 Å². The number of thiophene rings is 1. The quantitative estimate of drug-likeness (QED) is 0.291. The van der Waals surface area contributed by atoms with Crippen molar-refractivity contribution in [3.05, 3.63) is 65.2 Å². The van der Waals surface area contributed by atoms with Crippen LogP contribution in [0.3, 0.4) is 0 Å². The van der Waals surface area contributed by atoms with E-state index in [1.807, 2.05) is 24.6 Å². The van der Waals surface area contributed by atoms with Crippen LogP contribution in [-0.2, 0) is 36.6 Å². The van der Waals surface area contributed by atoms with Crippen LogP contribution in [0.4, 0.5) is 5.69 Å². The van der Waals surface area contributed by atoms with E-state index in [4.69, 9.17) is 13.6 Å². The minimum atomic E-state index is -3.56. The first-order valence-electron chi connectivity index (χ1n) is 10.1. The molecule has 1 aromatic carbocycles. The van der Waals surface area contributed by atoms with Crippen molar-refractivity contribution >= 4 is 36.8 Å². The standard InChI is InChI=1S/C22H26N3O5PS/c1-4-28-31(27,29-5-2)30-16-17-8-11-19(12-9-17)24-21(26)13-10-18-15-23-25(3)22(18)20-7-6-14-32-20/h6-15H,4-5,16H2,1-3H3,(H,24,26)/b13-10+. The van der Waals surface area contributed by atoms with Crippen LogP contribution in [0.15, 0.2) is 54.1 Å². The van der Waals surface area contributed by atoms with Gasteiger partial charge in [-0.05, 0) is 49.1 Å². The van der Waals surface area contributed by atoms with Gasteiger partial charge in [0.05, 0.1) is 36.6 Å². The van der Waals surface area contributed by atoms with Crippen molar-refractivity contribution in [3.63, 3.8) is 0 Å². The fraction of sp³-hybridized carbons (Fsp3) is 0.273. The number of nitrogens with zero attached hydrogens (tertiary/aromatic N) is 2. The average molecular weight is 476 g/mol. The van der Waals surface area contributed by atoms with E-state index in [9.17, 15) is 9.36 Å². The zero-order valence-electron chi connectivity index (χ0n) is 18.2. The number of hydrogen-bond donors (Lipinski definition) is 1. The first-order valence-corrected chi connectivity index (χ1v) is 12.5. The minimum Gasteiger partial charge on any atom is -0.323 e. The molecular formula is C22H26N3O5PS. The number of hydrogen-bond acceptors (Lipinski definition) is 7. The zero-order chi connectivity index (χ0) is 23.0. The molecule has 0 spiro atoms. The van der Waals surface area contributed by atoms with Gasteiger partial charge in [-0.1, -0.05) is 18.2 Å². The molecule has 2 aromatic heterocycles. The average Bonchev–Trinajstić information content (AvgIpc) is 3.41. The van der Waals surface area contributed by atoms with Crippen LogP contribution in [0.5, 0.6) is 0 Å². The molecule has 0 aliphatic heterocycles. The van der Waals surface area contributed by atoms with Crippen LogP contribution in [-0.4, -0.2) is 28.9 Å². The summed E-state index contributed by atoms with van der Waals surface area (Å²) in [5.41, 5.74) is 3.23. The molecule has 0 atom stereocenters. The molecule has 8 nitrogen and oxygen atoms in total. The summed E-state index contributed by atoms with van der Waals surface area (Å²) < 4.78 is 29.7. The topological polar surface area (TPSA) is 91.7 Å². The molecule has 2 heterocycles. The Morgan fingerprint density at radius 1 is 1.16 bits per heavy atom. The first-order chi connectivity index (χ1) is 15.4. The lowest BCUT2D eigenvalue weighted by molar-refractivity contribution is -0.111. The summed E-state index contributed by atoms with van der Waals surface area (Å²) in [5.74, 6) is -0.257. The Balaban J connectivity index is 1.58. The van der Waals surface area contributed by atoms with Gasteiger partial charge in [0.1, 0.15) is 0 Å². The summed E-state index contributed by atoms with van der Waals surface area (Å²) in [5, 5.41) is 9.11. The van der Waals surface area contributed by atoms with Gasteiger partial charge in [0, 0.05) is 24.4 Å². The van der Waals surface area contributed by atoms with Crippen molar-refractivity contribution < 1.29 is 22.9 Å². The maximum atomic E-state index is 12.4. The molecule has 1 N–H and O–H groups in total. The second kappa shape index (κ2) is 11.4. The van der Waals surface area contributed by atoms with E-state index < -0.39 is 7.82 Å². The van der Waals surface area contributed by atoms with Gasteiger partial charge < -0.3 is 5.32 Å². The van der Waals surface area contributed by atoms with E-state index in [0.717, 1.165) is 21.7 Å². The summed E-state index contributed by atoms with van der Waals surface area (Å²) in [7, 11) is -1.69. The number of phosphoric ester groups is 1. The molecule has 0 fully saturated rings. The SMILES string of the molecule is CCOP(=O)(OCC)OCc1ccc(NC(=O)/C=C/c2cnn(C)c2-c2cccs2)cc1. The highest BCUT2D eigenvalue weighted by Gasteiger charge is 2.25. The van der Waals surface area contributed by atoms with Crippen LogP contribution in [0.2, 0.25) is 0 Å². The van der Waals surface area contributed by atoms with Crippen molar-refractivity contribution in [1.82, 2.24) is 9.78 Å². The minimum absolute atomic E-state index is 0.0674. The highest BCUT2D eigenvalue weighted by atomic mass is 32.1. The molecule has 10 heteroatoms. The Hall–Kier alpha value is -2.55. The third kappa shape index (κ3) is 6.48. The van der Waals surface area contributed by atoms with Gasteiger partial charge in [-0.2, -0.15) is 5.10 Å². The molecule has 0 aliphatic carbocycles. The van der Waals surface area contributed by atoms with Crippen LogP contribution in [0.25, 0.3) is 16.6 Å². The van der Waals surface area contributed by atoms with Gasteiger partial charge >= 0.3 is 7.82 Å². The van der Waals surface area contributed by atoms with E-state index in [-0.39, 0.29) is 25.7 Å². The molecule has 0 aliphatic rings. The fourth-order valence-electron chi connectivity index (χ4n) is 2.91. The maximum absolute atomic E-state index is 12.4. The summed E-state index contributed by atoms with van der Waals surface area (Å²) in [6, 6.07) is 11.0. The molecule has 0 saturated heterocycles. The number of phosphoric acid groups is 1. The Morgan fingerprint density at radius 2 is 1.88 bits per heavy atom. The second-order valence-corrected chi connectivity index (χ2v) is 9.24. The number of carbonyl (C=O) groups excluding carboxylic acids is 1. The molecule has 0 unspecified atom stereocenters. The van der Waals surface area contributed by atoms with Gasteiger partial charge in [0.15, 0.2) is 0 Å². The number of aromatic nitrogens is 2. The molecule has 1 amide bonds. The molecule has 0 saturated carbocycles. The first kappa shape index (κ1) is 24.1. The Bertz CT molecular complexity index is 1080. The van der Waals surface area contributed by atoms with Gasteiger partial charge in [0.25, 0.3) is 0 Å². The van der Waals surface area contributed by atoms with E-state index >= 15 is 0 Å². The number of nitrogens with one attached hydrogen (secondary N) is 1. The lowest BCUT2D eigenvalue weighted by atomic mass is 10.2. The molecule has 0 bridgehead atoms. The van der Waals surface area contributed by atoms with Crippen molar-refractivity contribution in [3.8, 4) is 10.6 Å². The molecule has 3 aromatic rings. The Labute approximate surface area is 191 Å². The van der Waals surface area contributed by atoms with Crippen LogP contribution in [0, 0.1) is 0 Å². The summed E-state index contributed by atoms with van der Waals surface area (Å²) >= 11 is 1.62. The Morgan fingerprint density at radius 3 is 2.50 bits per heavy atom. The van der Waals surface area contributed by atoms with E-state index in [1.165, 1.54) is 6.08 Å². The van der Waals surface area contributed by atoms with Gasteiger partial charge in [-0.15, -0.1) is 11.3 Å². The normalized spacial score (nSPS) is 11.8. The lowest BCUT2D eigenvalue weighted by Crippen LogP contribution is -2.07. The van der Waals surface area contributed by atoms with Gasteiger partial charge in [0.2, 0.25) is 5.91 Å². The second-order valence-electron chi connectivity index (χ2n) is 6.63. The maximum Gasteiger partial charge on any atom is 0.475 e. The lowest BCUT2D eigenvalue weighted by Gasteiger charge is -2.16. The largest absolute Gasteiger partial charge is 0.475 e. The molecule has 0 radical (unpaired) electrons. The number of carbonyl (C=O) groups is 1. The predicted octanol–water partition coefficient (Wildman–Crippen LogP) is 5.50. The molecular weight excluding hydrogens is 449 g/mol. The van der Waals surface area contributed by atoms with E-state index in [0.29, 0.717) is 5.69 Å². The summed E-state index contributed by atoms with van der Waals surface area (Å²) in [4.78, 5) is 13.4. The van der Waals surface area contributed by atoms with Crippen molar-refractivity contribution in [1.29, 1.82) is 0 Å². The van der Waals surface area contributed by atoms with E-state index in [2.05, 4.69) is 10.4 Å². The predicted molar refractivity (Wildman–Crippen MR) is 126 cm³/mol. The smallest absolute Gasteiger partial charge is 0.323 e. The van der Waals surface area contributed by atoms with Crippen LogP contribution in [0.1, 0.15) is 25.0 Å². The highest BCUT2D eigenvalue weighted by molar-refractivity contribution is 7.48. The van der Waals surface area contributed by atoms with Crippen molar-refractivity contribution in [2.45, 2.75) is 20.5 Å². The number of benzene rings is 1. The zero-order valence-corrected chi connectivity index (χ0v) is 19.9. The number of amides is 1. The fourth-order valence-corrected chi connectivity index (χ4v) is 4.89. The molecule has 170 valence electrons. The summed E-state index contributed by atoms with van der Waals surface area (Å²) in [6.07, 6.45) is 4.96. The van der Waals surface area contributed by atoms with Crippen LogP contribution < -0.4 is 5.32 Å². The molecule has 32 heavy (non-hydrogen) atoms. The summed E-state index contributed by atoms with van der Waals surface area (Å²) in [6.45, 7) is 3.96. The van der Waals surface area contributed by atoms with Crippen molar-refractivity contribution in [2.24, 2.45) is 7.05 Å². The third-order valence-corrected chi connectivity index (χ3v) is 6.79. The van der Waals surface area contributed by atoms with Crippen molar-refractivity contribution in [2.75, 3.05) is 18.5 Å².